The van der Waals surface area contributed by atoms with Gasteiger partial charge in [0.1, 0.15) is 19.0 Å². The van der Waals surface area contributed by atoms with Crippen LogP contribution in [0.5, 0.6) is 11.5 Å². The average molecular weight is 759 g/mol. The summed E-state index contributed by atoms with van der Waals surface area (Å²) in [6, 6.07) is 10.2. The first-order valence-corrected chi connectivity index (χ1v) is 20.6. The molecule has 2 fully saturated rings. The number of amides is 3. The number of anilines is 1. The predicted molar refractivity (Wildman–Crippen MR) is 194 cm³/mol. The van der Waals surface area contributed by atoms with Crippen LogP contribution in [0.25, 0.3) is 0 Å². The molecule has 0 bridgehead atoms. The second-order valence-corrected chi connectivity index (χ2v) is 16.6. The summed E-state index contributed by atoms with van der Waals surface area (Å²) < 4.78 is 36.7. The van der Waals surface area contributed by atoms with Gasteiger partial charge < -0.3 is 39.8 Å². The van der Waals surface area contributed by atoms with E-state index in [0.29, 0.717) is 52.3 Å². The van der Waals surface area contributed by atoms with Gasteiger partial charge in [-0.1, -0.05) is 40.1 Å². The molecule has 0 saturated carbocycles. The molecule has 12 nitrogen and oxygen atoms in total. The summed E-state index contributed by atoms with van der Waals surface area (Å²) in [5.41, 5.74) is 3.19. The van der Waals surface area contributed by atoms with Crippen molar-refractivity contribution in [3.8, 4) is 11.5 Å². The molecule has 2 aromatic carbocycles. The number of fused-ring (bicyclic) bond motifs is 3. The number of ether oxygens (including phenoxy) is 4. The zero-order valence-corrected chi connectivity index (χ0v) is 30.2. The fraction of sp³-hybridized carbons (Fsp3) is 0.486. The van der Waals surface area contributed by atoms with E-state index in [-0.39, 0.29) is 63.0 Å². The molecule has 5 aliphatic rings. The van der Waals surface area contributed by atoms with Crippen molar-refractivity contribution in [1.29, 1.82) is 0 Å². The van der Waals surface area contributed by atoms with Gasteiger partial charge >= 0.3 is 18.0 Å². The molecule has 3 N–H and O–H groups in total. The highest BCUT2D eigenvalue weighted by atomic mass is 33.1. The van der Waals surface area contributed by atoms with E-state index in [2.05, 4.69) is 16.0 Å². The van der Waals surface area contributed by atoms with Crippen LogP contribution in [-0.4, -0.2) is 91.6 Å². The van der Waals surface area contributed by atoms with E-state index in [0.717, 1.165) is 42.0 Å². The van der Waals surface area contributed by atoms with Gasteiger partial charge in [0, 0.05) is 53.1 Å². The zero-order valence-electron chi connectivity index (χ0n) is 27.8. The van der Waals surface area contributed by atoms with Gasteiger partial charge in [-0.25, -0.2) is 14.0 Å². The van der Waals surface area contributed by atoms with Crippen molar-refractivity contribution in [2.24, 2.45) is 0 Å². The highest BCUT2D eigenvalue weighted by Gasteiger charge is 2.44. The van der Waals surface area contributed by atoms with E-state index < -0.39 is 17.7 Å². The van der Waals surface area contributed by atoms with Crippen molar-refractivity contribution in [2.45, 2.75) is 55.4 Å². The molecule has 2 unspecified atom stereocenters. The fourth-order valence-corrected chi connectivity index (χ4v) is 10.5. The van der Waals surface area contributed by atoms with Crippen molar-refractivity contribution < 1.29 is 42.5 Å². The molecular formula is C35H39FN4O8S3. The van der Waals surface area contributed by atoms with E-state index in [1.54, 1.807) is 33.7 Å². The van der Waals surface area contributed by atoms with Crippen LogP contribution in [0.4, 0.5) is 14.9 Å². The normalized spacial score (nSPS) is 22.6. The fourth-order valence-electron chi connectivity index (χ4n) is 7.08. The van der Waals surface area contributed by atoms with Gasteiger partial charge in [0.15, 0.2) is 11.5 Å². The first-order valence-electron chi connectivity index (χ1n) is 17.1. The topological polar surface area (TPSA) is 145 Å². The molecule has 0 radical (unpaired) electrons. The van der Waals surface area contributed by atoms with Crippen LogP contribution in [0, 0.1) is 5.82 Å². The first kappa shape index (κ1) is 35.6. The molecule has 272 valence electrons. The third-order valence-electron chi connectivity index (χ3n) is 9.43. The summed E-state index contributed by atoms with van der Waals surface area (Å²) in [5, 5.41) is 9.32. The van der Waals surface area contributed by atoms with Crippen LogP contribution in [0.3, 0.4) is 0 Å². The van der Waals surface area contributed by atoms with E-state index in [1.807, 2.05) is 28.8 Å². The van der Waals surface area contributed by atoms with Crippen LogP contribution in [0.15, 0.2) is 47.7 Å². The summed E-state index contributed by atoms with van der Waals surface area (Å²) >= 11 is 1.89. The van der Waals surface area contributed by atoms with Crippen LogP contribution in [0.2, 0.25) is 0 Å². The maximum absolute atomic E-state index is 14.3. The van der Waals surface area contributed by atoms with Gasteiger partial charge in [-0.3, -0.25) is 9.59 Å². The molecule has 16 heteroatoms. The highest BCUT2D eigenvalue weighted by molar-refractivity contribution is 8.76. The maximum Gasteiger partial charge on any atom is 0.337 e. The lowest BCUT2D eigenvalue weighted by atomic mass is 9.80. The molecule has 0 aliphatic carbocycles. The second-order valence-electron chi connectivity index (χ2n) is 12.7. The minimum Gasteiger partial charge on any atom is -0.464 e. The molecule has 4 atom stereocenters. The number of urea groups is 1. The number of thioether (sulfide) groups is 1. The Labute approximate surface area is 307 Å². The van der Waals surface area contributed by atoms with Crippen molar-refractivity contribution in [3.05, 3.63) is 64.6 Å². The van der Waals surface area contributed by atoms with Crippen LogP contribution >= 0.6 is 33.3 Å². The molecule has 2 aromatic rings. The van der Waals surface area contributed by atoms with Gasteiger partial charge in [-0.05, 0) is 42.2 Å². The maximum atomic E-state index is 14.3. The Balaban J connectivity index is 0.816. The SMILES string of the molecule is O=C(CCCC[C@@H]1SC[C@@H]2NC(=O)NC21)NCCSSCCC(=O)OCCN1C2=C(C(=O)OC2)C(c2cccc(F)c2)c2cc3c(cc21)OCO3. The minimum absolute atomic E-state index is 0.0411. The largest absolute Gasteiger partial charge is 0.464 e. The van der Waals surface area contributed by atoms with Crippen LogP contribution < -0.4 is 30.3 Å². The lowest BCUT2D eigenvalue weighted by molar-refractivity contribution is -0.142. The quantitative estimate of drug-likeness (QED) is 0.0962. The Morgan fingerprint density at radius 1 is 1.04 bits per heavy atom. The minimum atomic E-state index is -0.562. The van der Waals surface area contributed by atoms with Gasteiger partial charge in [0.05, 0.1) is 36.3 Å². The smallest absolute Gasteiger partial charge is 0.337 e. The number of nitrogens with one attached hydrogen (secondary N) is 3. The van der Waals surface area contributed by atoms with E-state index in [1.165, 1.54) is 12.1 Å². The zero-order chi connectivity index (χ0) is 35.3. The lowest BCUT2D eigenvalue weighted by Gasteiger charge is -2.35. The molecule has 0 spiro atoms. The van der Waals surface area contributed by atoms with E-state index in [9.17, 15) is 23.6 Å². The Kier molecular flexibility index (Phi) is 11.4. The van der Waals surface area contributed by atoms with Gasteiger partial charge in [-0.2, -0.15) is 11.8 Å². The number of rotatable bonds is 16. The van der Waals surface area contributed by atoms with Crippen molar-refractivity contribution in [2.75, 3.05) is 55.3 Å². The average Bonchev–Trinajstić information content (AvgIpc) is 3.90. The van der Waals surface area contributed by atoms with Crippen molar-refractivity contribution in [1.82, 2.24) is 16.0 Å². The number of esters is 2. The van der Waals surface area contributed by atoms with Gasteiger partial charge in [0.25, 0.3) is 0 Å². The van der Waals surface area contributed by atoms with Crippen molar-refractivity contribution in [3.63, 3.8) is 0 Å². The predicted octanol–water partition coefficient (Wildman–Crippen LogP) is 4.47. The van der Waals surface area contributed by atoms with Gasteiger partial charge in [0.2, 0.25) is 12.7 Å². The molecule has 5 heterocycles. The summed E-state index contributed by atoms with van der Waals surface area (Å²) in [6.07, 6.45) is 3.48. The first-order chi connectivity index (χ1) is 24.9. The third-order valence-corrected chi connectivity index (χ3v) is 13.3. The number of cyclic esters (lactones) is 1. The molecule has 51 heavy (non-hydrogen) atoms. The Morgan fingerprint density at radius 2 is 1.88 bits per heavy atom. The van der Waals surface area contributed by atoms with Crippen molar-refractivity contribution >= 4 is 62.9 Å². The Morgan fingerprint density at radius 3 is 2.75 bits per heavy atom. The number of nitrogens with zero attached hydrogens (tertiary/aromatic N) is 1. The highest BCUT2D eigenvalue weighted by Crippen LogP contribution is 2.51. The summed E-state index contributed by atoms with van der Waals surface area (Å²) in [5.74, 6) is 1.61. The summed E-state index contributed by atoms with van der Waals surface area (Å²) in [7, 11) is 3.15. The molecular weight excluding hydrogens is 720 g/mol. The number of halogens is 1. The lowest BCUT2D eigenvalue weighted by Crippen LogP contribution is -2.36. The molecule has 0 aromatic heterocycles. The third kappa shape index (κ3) is 8.17. The Hall–Kier alpha value is -3.76. The standard InChI is InChI=1S/C35H39FN4O8S3/c36-21-5-3-4-20(14-21)31-22-15-26-27(48-19-47-26)16-24(22)40(25-17-46-34(43)32(25)31)10-11-45-30(42)8-12-50-51-13-9-37-29(41)7-2-1-6-28-33-23(18-49-28)38-35(44)39-33/h3-5,14-16,23,28,31,33H,1-2,6-13,17-19H2,(H,37,41)(H2,38,39,44)/t23-,28-,31?,33?/m0/s1. The van der Waals surface area contributed by atoms with Crippen LogP contribution in [0.1, 0.15) is 49.1 Å². The number of hydrogen-bond donors (Lipinski definition) is 3. The number of unbranched alkanes of at least 4 members (excludes halogenated alkanes) is 1. The molecule has 7 rings (SSSR count). The monoisotopic (exact) mass is 758 g/mol. The summed E-state index contributed by atoms with van der Waals surface area (Å²) in [4.78, 5) is 51.3. The van der Waals surface area contributed by atoms with Crippen LogP contribution in [-0.2, 0) is 23.9 Å². The van der Waals surface area contributed by atoms with E-state index in [4.69, 9.17) is 18.9 Å². The summed E-state index contributed by atoms with van der Waals surface area (Å²) in [6.45, 7) is 1.05. The Bertz CT molecular complexity index is 1710. The molecule has 3 amide bonds. The number of carbonyl (C=O) groups is 4. The number of hydrogen-bond acceptors (Lipinski definition) is 12. The van der Waals surface area contributed by atoms with Gasteiger partial charge in [-0.15, -0.1) is 0 Å². The van der Waals surface area contributed by atoms with E-state index >= 15 is 0 Å². The number of benzene rings is 2. The number of carbonyl (C=O) groups excluding carboxylic acids is 4. The molecule has 5 aliphatic heterocycles. The second kappa shape index (κ2) is 16.3. The molecule has 2 saturated heterocycles.